The summed E-state index contributed by atoms with van der Waals surface area (Å²) < 4.78 is 0. The molecule has 1 unspecified atom stereocenters. The fourth-order valence-electron chi connectivity index (χ4n) is 1.15. The van der Waals surface area contributed by atoms with Crippen LogP contribution in [0, 0.1) is 5.92 Å². The number of halogens is 1. The highest BCUT2D eigenvalue weighted by Crippen LogP contribution is 2.05. The van der Waals surface area contributed by atoms with E-state index in [0.29, 0.717) is 18.9 Å². The zero-order valence-electron chi connectivity index (χ0n) is 9.48. The Morgan fingerprint density at radius 3 is 2.50 bits per heavy atom. The standard InChI is InChI=1S/C11H22ClNO/c1-4-5-10(12)8-13-11(14)7-6-9(2)3/h9-10H,4-8H2,1-3H3,(H,13,14). The van der Waals surface area contributed by atoms with Crippen LogP contribution in [0.2, 0.25) is 0 Å². The number of hydrogen-bond acceptors (Lipinski definition) is 1. The first-order chi connectivity index (χ1) is 6.56. The van der Waals surface area contributed by atoms with E-state index in [-0.39, 0.29) is 11.3 Å². The van der Waals surface area contributed by atoms with Crippen molar-refractivity contribution in [3.63, 3.8) is 0 Å². The molecule has 0 saturated heterocycles. The zero-order chi connectivity index (χ0) is 11.0. The molecule has 0 aromatic heterocycles. The Balaban J connectivity index is 3.43. The smallest absolute Gasteiger partial charge is 0.220 e. The summed E-state index contributed by atoms with van der Waals surface area (Å²) in [6, 6.07) is 0. The average Bonchev–Trinajstić information content (AvgIpc) is 2.12. The minimum atomic E-state index is 0.0861. The molecule has 0 bridgehead atoms. The number of amides is 1. The molecular formula is C11H22ClNO. The molecule has 0 radical (unpaired) electrons. The molecule has 3 heteroatoms. The Kier molecular flexibility index (Phi) is 7.96. The van der Waals surface area contributed by atoms with E-state index in [9.17, 15) is 4.79 Å². The Morgan fingerprint density at radius 1 is 1.36 bits per heavy atom. The highest BCUT2D eigenvalue weighted by atomic mass is 35.5. The van der Waals surface area contributed by atoms with Crippen LogP contribution in [0.4, 0.5) is 0 Å². The SMILES string of the molecule is CCCC(Cl)CNC(=O)CCC(C)C. The molecule has 1 atom stereocenters. The molecule has 0 fully saturated rings. The molecule has 0 heterocycles. The van der Waals surface area contributed by atoms with Crippen molar-refractivity contribution in [2.24, 2.45) is 5.92 Å². The summed E-state index contributed by atoms with van der Waals surface area (Å²) in [4.78, 5) is 11.3. The van der Waals surface area contributed by atoms with Crippen LogP contribution in [0.3, 0.4) is 0 Å². The third-order valence-corrected chi connectivity index (χ3v) is 2.44. The first kappa shape index (κ1) is 13.8. The van der Waals surface area contributed by atoms with E-state index in [1.54, 1.807) is 0 Å². The van der Waals surface area contributed by atoms with Gasteiger partial charge in [-0.1, -0.05) is 27.2 Å². The summed E-state index contributed by atoms with van der Waals surface area (Å²) in [5.41, 5.74) is 0. The van der Waals surface area contributed by atoms with Gasteiger partial charge in [0.25, 0.3) is 0 Å². The molecule has 0 aromatic carbocycles. The molecule has 0 aliphatic rings. The van der Waals surface area contributed by atoms with Gasteiger partial charge in [-0.25, -0.2) is 0 Å². The van der Waals surface area contributed by atoms with Crippen LogP contribution in [0.5, 0.6) is 0 Å². The van der Waals surface area contributed by atoms with Crippen molar-refractivity contribution < 1.29 is 4.79 Å². The lowest BCUT2D eigenvalue weighted by Gasteiger charge is -2.10. The summed E-state index contributed by atoms with van der Waals surface area (Å²) in [6.07, 6.45) is 3.60. The van der Waals surface area contributed by atoms with Crippen molar-refractivity contribution in [2.75, 3.05) is 6.54 Å². The first-order valence-electron chi connectivity index (χ1n) is 5.47. The van der Waals surface area contributed by atoms with Gasteiger partial charge in [-0.3, -0.25) is 4.79 Å². The van der Waals surface area contributed by atoms with E-state index in [4.69, 9.17) is 11.6 Å². The summed E-state index contributed by atoms with van der Waals surface area (Å²) >= 11 is 5.97. The molecule has 14 heavy (non-hydrogen) atoms. The lowest BCUT2D eigenvalue weighted by molar-refractivity contribution is -0.121. The number of carbonyl (C=O) groups is 1. The molecule has 0 aliphatic carbocycles. The molecule has 1 N–H and O–H groups in total. The second-order valence-corrected chi connectivity index (χ2v) is 4.74. The van der Waals surface area contributed by atoms with Crippen LogP contribution < -0.4 is 5.32 Å². The van der Waals surface area contributed by atoms with Crippen LogP contribution in [0.25, 0.3) is 0 Å². The maximum absolute atomic E-state index is 11.3. The van der Waals surface area contributed by atoms with Gasteiger partial charge in [0.1, 0.15) is 0 Å². The summed E-state index contributed by atoms with van der Waals surface area (Å²) in [7, 11) is 0. The number of nitrogens with one attached hydrogen (secondary N) is 1. The van der Waals surface area contributed by atoms with Crippen molar-refractivity contribution in [2.45, 2.75) is 51.8 Å². The Bertz CT molecular complexity index is 159. The number of alkyl halides is 1. The molecule has 0 aromatic rings. The van der Waals surface area contributed by atoms with Crippen molar-refractivity contribution in [3.05, 3.63) is 0 Å². The van der Waals surface area contributed by atoms with Gasteiger partial charge in [-0.15, -0.1) is 11.6 Å². The Labute approximate surface area is 92.4 Å². The minimum absolute atomic E-state index is 0.0861. The summed E-state index contributed by atoms with van der Waals surface area (Å²) in [6.45, 7) is 6.94. The average molecular weight is 220 g/mol. The van der Waals surface area contributed by atoms with Gasteiger partial charge < -0.3 is 5.32 Å². The van der Waals surface area contributed by atoms with Crippen molar-refractivity contribution in [1.82, 2.24) is 5.32 Å². The van der Waals surface area contributed by atoms with Crippen LogP contribution >= 0.6 is 11.6 Å². The lowest BCUT2D eigenvalue weighted by Crippen LogP contribution is -2.29. The van der Waals surface area contributed by atoms with Crippen molar-refractivity contribution >= 4 is 17.5 Å². The van der Waals surface area contributed by atoms with E-state index in [0.717, 1.165) is 19.3 Å². The first-order valence-corrected chi connectivity index (χ1v) is 5.90. The molecule has 0 aliphatic heterocycles. The fourth-order valence-corrected chi connectivity index (χ4v) is 1.44. The quantitative estimate of drug-likeness (QED) is 0.656. The van der Waals surface area contributed by atoms with Crippen LogP contribution in [0.1, 0.15) is 46.5 Å². The van der Waals surface area contributed by atoms with Gasteiger partial charge in [-0.05, 0) is 18.8 Å². The van der Waals surface area contributed by atoms with Gasteiger partial charge >= 0.3 is 0 Å². The maximum Gasteiger partial charge on any atom is 0.220 e. The highest BCUT2D eigenvalue weighted by molar-refractivity contribution is 6.20. The van der Waals surface area contributed by atoms with Gasteiger partial charge in [0.05, 0.1) is 5.38 Å². The highest BCUT2D eigenvalue weighted by Gasteiger charge is 2.06. The van der Waals surface area contributed by atoms with Crippen molar-refractivity contribution in [1.29, 1.82) is 0 Å². The van der Waals surface area contributed by atoms with Gasteiger partial charge in [0, 0.05) is 13.0 Å². The third kappa shape index (κ3) is 8.36. The van der Waals surface area contributed by atoms with E-state index in [1.165, 1.54) is 0 Å². The minimum Gasteiger partial charge on any atom is -0.355 e. The monoisotopic (exact) mass is 219 g/mol. The van der Waals surface area contributed by atoms with E-state index in [1.807, 2.05) is 0 Å². The van der Waals surface area contributed by atoms with Crippen LogP contribution in [-0.4, -0.2) is 17.8 Å². The van der Waals surface area contributed by atoms with Gasteiger partial charge in [0.2, 0.25) is 5.91 Å². The second kappa shape index (κ2) is 8.10. The third-order valence-electron chi connectivity index (χ3n) is 2.07. The second-order valence-electron chi connectivity index (χ2n) is 4.12. The topological polar surface area (TPSA) is 29.1 Å². The molecule has 84 valence electrons. The van der Waals surface area contributed by atoms with Gasteiger partial charge in [-0.2, -0.15) is 0 Å². The molecule has 0 rings (SSSR count). The molecule has 0 spiro atoms. The van der Waals surface area contributed by atoms with E-state index < -0.39 is 0 Å². The molecule has 1 amide bonds. The van der Waals surface area contributed by atoms with Crippen LogP contribution in [0.15, 0.2) is 0 Å². The van der Waals surface area contributed by atoms with E-state index in [2.05, 4.69) is 26.1 Å². The zero-order valence-corrected chi connectivity index (χ0v) is 10.2. The molecule has 0 saturated carbocycles. The van der Waals surface area contributed by atoms with Crippen molar-refractivity contribution in [3.8, 4) is 0 Å². The van der Waals surface area contributed by atoms with E-state index >= 15 is 0 Å². The predicted octanol–water partition coefficient (Wildman–Crippen LogP) is 2.95. The molecular weight excluding hydrogens is 198 g/mol. The molecule has 2 nitrogen and oxygen atoms in total. The largest absolute Gasteiger partial charge is 0.355 e. The fraction of sp³-hybridized carbons (Fsp3) is 0.909. The Hall–Kier alpha value is -0.240. The lowest BCUT2D eigenvalue weighted by atomic mass is 10.1. The number of rotatable bonds is 7. The van der Waals surface area contributed by atoms with Gasteiger partial charge in [0.15, 0.2) is 0 Å². The Morgan fingerprint density at radius 2 is 2.00 bits per heavy atom. The normalized spacial score (nSPS) is 12.9. The summed E-state index contributed by atoms with van der Waals surface area (Å²) in [5.74, 6) is 0.712. The number of hydrogen-bond donors (Lipinski definition) is 1. The predicted molar refractivity (Wildman–Crippen MR) is 61.6 cm³/mol. The number of carbonyl (C=O) groups excluding carboxylic acids is 1. The summed E-state index contributed by atoms with van der Waals surface area (Å²) in [5, 5.41) is 2.94. The van der Waals surface area contributed by atoms with Crippen LogP contribution in [-0.2, 0) is 4.79 Å². The maximum atomic E-state index is 11.3.